The predicted molar refractivity (Wildman–Crippen MR) is 101 cm³/mol. The molecule has 1 aliphatic heterocycles. The van der Waals surface area contributed by atoms with Crippen molar-refractivity contribution in [2.75, 3.05) is 0 Å². The number of hydrogen-bond acceptors (Lipinski definition) is 5. The van der Waals surface area contributed by atoms with Crippen LogP contribution in [-0.2, 0) is 9.31 Å². The lowest BCUT2D eigenvalue weighted by Crippen LogP contribution is -2.41. The first-order chi connectivity index (χ1) is 11.7. The van der Waals surface area contributed by atoms with Gasteiger partial charge < -0.3 is 18.8 Å². The van der Waals surface area contributed by atoms with Crippen LogP contribution in [0, 0.1) is 6.92 Å². The number of thiazole rings is 1. The van der Waals surface area contributed by atoms with Crippen LogP contribution >= 0.6 is 11.3 Å². The topological polar surface area (TPSA) is 56.0 Å². The van der Waals surface area contributed by atoms with E-state index in [4.69, 9.17) is 9.31 Å². The van der Waals surface area contributed by atoms with Crippen molar-refractivity contribution < 1.29 is 14.4 Å². The smallest absolute Gasteiger partial charge is 0.492 e. The fourth-order valence-electron chi connectivity index (χ4n) is 2.91. The molecule has 0 saturated carbocycles. The first-order valence-corrected chi connectivity index (χ1v) is 9.13. The first-order valence-electron chi connectivity index (χ1n) is 8.31. The molecule has 0 bridgehead atoms. The zero-order chi connectivity index (χ0) is 18.0. The average Bonchev–Trinajstić information content (AvgIpc) is 3.14. The summed E-state index contributed by atoms with van der Waals surface area (Å²) in [5.74, 6) is 0.0945. The SMILES string of the molecule is Cc1sc(-c2ccc3ccc(B4OC(C)(C)C(C)(C)O4)cn23)nc1O. The Morgan fingerprint density at radius 3 is 2.32 bits per heavy atom. The van der Waals surface area contributed by atoms with Gasteiger partial charge in [0.25, 0.3) is 0 Å². The van der Waals surface area contributed by atoms with Crippen LogP contribution in [0.4, 0.5) is 0 Å². The van der Waals surface area contributed by atoms with Gasteiger partial charge in [0.05, 0.1) is 21.8 Å². The monoisotopic (exact) mass is 356 g/mol. The lowest BCUT2D eigenvalue weighted by molar-refractivity contribution is 0.00578. The van der Waals surface area contributed by atoms with Crippen molar-refractivity contribution in [1.82, 2.24) is 9.38 Å². The molecule has 0 amide bonds. The minimum Gasteiger partial charge on any atom is -0.492 e. The molecule has 5 nitrogen and oxygen atoms in total. The molecule has 25 heavy (non-hydrogen) atoms. The van der Waals surface area contributed by atoms with Gasteiger partial charge in [-0.25, -0.2) is 0 Å². The molecule has 0 aromatic carbocycles. The number of hydrogen-bond donors (Lipinski definition) is 1. The summed E-state index contributed by atoms with van der Waals surface area (Å²) in [7, 11) is -0.406. The zero-order valence-electron chi connectivity index (χ0n) is 15.0. The molecular weight excluding hydrogens is 335 g/mol. The van der Waals surface area contributed by atoms with Crippen LogP contribution in [0.3, 0.4) is 0 Å². The molecule has 1 fully saturated rings. The van der Waals surface area contributed by atoms with E-state index >= 15 is 0 Å². The molecule has 130 valence electrons. The number of nitrogens with zero attached hydrogens (tertiary/aromatic N) is 2. The summed E-state index contributed by atoms with van der Waals surface area (Å²) in [6.07, 6.45) is 2.03. The second-order valence-electron chi connectivity index (χ2n) is 7.46. The molecule has 3 aromatic heterocycles. The van der Waals surface area contributed by atoms with E-state index < -0.39 is 7.12 Å². The van der Waals surface area contributed by atoms with Crippen molar-refractivity contribution in [2.24, 2.45) is 0 Å². The van der Waals surface area contributed by atoms with Crippen LogP contribution in [0.2, 0.25) is 0 Å². The molecule has 1 N–H and O–H groups in total. The number of pyridine rings is 1. The number of aryl methyl sites for hydroxylation is 1. The molecule has 3 aromatic rings. The van der Waals surface area contributed by atoms with Crippen molar-refractivity contribution in [3.63, 3.8) is 0 Å². The van der Waals surface area contributed by atoms with E-state index in [0.717, 1.165) is 26.6 Å². The van der Waals surface area contributed by atoms with E-state index in [2.05, 4.69) is 9.38 Å². The maximum Gasteiger partial charge on any atom is 0.496 e. The van der Waals surface area contributed by atoms with Gasteiger partial charge in [-0.2, -0.15) is 4.98 Å². The molecule has 0 unspecified atom stereocenters. The van der Waals surface area contributed by atoms with Gasteiger partial charge in [-0.05, 0) is 58.3 Å². The second kappa shape index (κ2) is 5.33. The Balaban J connectivity index is 1.77. The third-order valence-electron chi connectivity index (χ3n) is 5.19. The number of rotatable bonds is 2. The average molecular weight is 356 g/mol. The van der Waals surface area contributed by atoms with E-state index in [-0.39, 0.29) is 17.1 Å². The fourth-order valence-corrected chi connectivity index (χ4v) is 3.74. The first kappa shape index (κ1) is 16.6. The minimum atomic E-state index is -0.406. The number of aromatic hydroxyl groups is 1. The Morgan fingerprint density at radius 1 is 1.08 bits per heavy atom. The van der Waals surface area contributed by atoms with E-state index in [1.165, 1.54) is 11.3 Å². The molecule has 0 atom stereocenters. The molecular formula is C18H21BN2O3S. The van der Waals surface area contributed by atoms with Crippen molar-refractivity contribution in [2.45, 2.75) is 45.8 Å². The van der Waals surface area contributed by atoms with Crippen LogP contribution in [0.15, 0.2) is 30.5 Å². The molecule has 1 saturated heterocycles. The van der Waals surface area contributed by atoms with E-state index in [9.17, 15) is 5.11 Å². The molecule has 0 radical (unpaired) electrons. The number of fused-ring (bicyclic) bond motifs is 1. The van der Waals surface area contributed by atoms with Crippen LogP contribution < -0.4 is 5.46 Å². The summed E-state index contributed by atoms with van der Waals surface area (Å²) in [4.78, 5) is 5.08. The summed E-state index contributed by atoms with van der Waals surface area (Å²) in [6, 6.07) is 8.13. The largest absolute Gasteiger partial charge is 0.496 e. The van der Waals surface area contributed by atoms with Gasteiger partial charge in [-0.3, -0.25) is 0 Å². The molecule has 0 aliphatic carbocycles. The van der Waals surface area contributed by atoms with Gasteiger partial charge in [0, 0.05) is 11.7 Å². The number of aromatic nitrogens is 2. The molecule has 0 spiro atoms. The van der Waals surface area contributed by atoms with Gasteiger partial charge in [0.15, 0.2) is 0 Å². The highest BCUT2D eigenvalue weighted by Gasteiger charge is 2.51. The fraction of sp³-hybridized carbons (Fsp3) is 0.389. The van der Waals surface area contributed by atoms with Gasteiger partial charge >= 0.3 is 7.12 Å². The molecule has 7 heteroatoms. The Hall–Kier alpha value is -1.83. The van der Waals surface area contributed by atoms with Crippen LogP contribution in [0.25, 0.3) is 16.2 Å². The summed E-state index contributed by atoms with van der Waals surface area (Å²) < 4.78 is 14.4. The Kier molecular flexibility index (Phi) is 3.55. The lowest BCUT2D eigenvalue weighted by Gasteiger charge is -2.32. The highest BCUT2D eigenvalue weighted by atomic mass is 32.1. The van der Waals surface area contributed by atoms with Crippen molar-refractivity contribution >= 4 is 29.4 Å². The Bertz CT molecular complexity index is 925. The van der Waals surface area contributed by atoms with Gasteiger partial charge in [-0.15, -0.1) is 11.3 Å². The normalized spacial score (nSPS) is 19.0. The maximum atomic E-state index is 9.80. The van der Waals surface area contributed by atoms with Crippen LogP contribution in [0.1, 0.15) is 32.6 Å². The summed E-state index contributed by atoms with van der Waals surface area (Å²) in [5.41, 5.74) is 2.22. The van der Waals surface area contributed by atoms with Crippen LogP contribution in [0.5, 0.6) is 5.88 Å². The van der Waals surface area contributed by atoms with E-state index in [1.54, 1.807) is 0 Å². The van der Waals surface area contributed by atoms with E-state index in [1.807, 2.05) is 65.1 Å². The minimum absolute atomic E-state index is 0.0945. The quantitative estimate of drug-likeness (QED) is 0.716. The second-order valence-corrected chi connectivity index (χ2v) is 8.67. The molecule has 1 aliphatic rings. The Morgan fingerprint density at radius 2 is 1.72 bits per heavy atom. The predicted octanol–water partition coefficient (Wildman–Crippen LogP) is 3.38. The summed E-state index contributed by atoms with van der Waals surface area (Å²) in [5, 5.41) is 10.6. The van der Waals surface area contributed by atoms with E-state index in [0.29, 0.717) is 0 Å². The third-order valence-corrected chi connectivity index (χ3v) is 6.17. The van der Waals surface area contributed by atoms with Gasteiger partial charge in [-0.1, -0.05) is 6.07 Å². The standard InChI is InChI=1S/C18H21BN2O3S/c1-11-15(22)20-16(25-11)14-9-8-13-7-6-12(10-21(13)14)19-23-17(2,3)18(4,5)24-19/h6-10,22H,1-5H3. The van der Waals surface area contributed by atoms with Crippen LogP contribution in [-0.4, -0.2) is 32.8 Å². The van der Waals surface area contributed by atoms with Crippen molar-refractivity contribution in [3.8, 4) is 16.6 Å². The lowest BCUT2D eigenvalue weighted by atomic mass is 9.80. The highest BCUT2D eigenvalue weighted by Crippen LogP contribution is 2.37. The third kappa shape index (κ3) is 2.58. The van der Waals surface area contributed by atoms with Gasteiger partial charge in [0.2, 0.25) is 5.88 Å². The van der Waals surface area contributed by atoms with Crippen molar-refractivity contribution in [3.05, 3.63) is 35.3 Å². The highest BCUT2D eigenvalue weighted by molar-refractivity contribution is 7.15. The van der Waals surface area contributed by atoms with Crippen molar-refractivity contribution in [1.29, 1.82) is 0 Å². The molecule has 4 rings (SSSR count). The zero-order valence-corrected chi connectivity index (χ0v) is 15.8. The van der Waals surface area contributed by atoms with Gasteiger partial charge in [0.1, 0.15) is 5.01 Å². The summed E-state index contributed by atoms with van der Waals surface area (Å²) in [6.45, 7) is 10.1. The Labute approximate surface area is 151 Å². The maximum absolute atomic E-state index is 9.80. The molecule has 4 heterocycles. The summed E-state index contributed by atoms with van der Waals surface area (Å²) >= 11 is 1.48.